The first-order chi connectivity index (χ1) is 23.0. The minimum atomic E-state index is -0.726. The molecule has 2 amide bonds. The van der Waals surface area contributed by atoms with Gasteiger partial charge in [0.05, 0.1) is 44.8 Å². The summed E-state index contributed by atoms with van der Waals surface area (Å²) in [5, 5.41) is 14.2. The third kappa shape index (κ3) is 8.15. The maximum absolute atomic E-state index is 13.5. The number of methoxy groups -OCH3 is 2. The van der Waals surface area contributed by atoms with Crippen LogP contribution < -0.4 is 20.1 Å². The molecule has 4 rings (SSSR count). The van der Waals surface area contributed by atoms with Crippen molar-refractivity contribution in [1.82, 2.24) is 20.1 Å². The van der Waals surface area contributed by atoms with Crippen LogP contribution in [0, 0.1) is 13.8 Å². The Morgan fingerprint density at radius 1 is 0.938 bits per heavy atom. The molecule has 0 fully saturated rings. The summed E-state index contributed by atoms with van der Waals surface area (Å²) in [6, 6.07) is 12.5. The Morgan fingerprint density at radius 2 is 1.65 bits per heavy atom. The lowest BCUT2D eigenvalue weighted by atomic mass is 10.1. The van der Waals surface area contributed by atoms with E-state index >= 15 is 0 Å². The van der Waals surface area contributed by atoms with Crippen LogP contribution >= 0.6 is 23.1 Å². The van der Waals surface area contributed by atoms with E-state index in [0.717, 1.165) is 34.3 Å². The van der Waals surface area contributed by atoms with Crippen LogP contribution in [-0.4, -0.2) is 71.2 Å². The summed E-state index contributed by atoms with van der Waals surface area (Å²) >= 11 is 2.09. The number of hydrogen-bond acceptors (Lipinski definition) is 12. The van der Waals surface area contributed by atoms with Gasteiger partial charge in [0.25, 0.3) is 5.91 Å². The number of hydrogen-bond donors (Lipinski definition) is 2. The van der Waals surface area contributed by atoms with E-state index in [0.29, 0.717) is 33.6 Å². The van der Waals surface area contributed by atoms with Gasteiger partial charge in [-0.05, 0) is 76.1 Å². The van der Waals surface area contributed by atoms with Gasteiger partial charge in [0.2, 0.25) is 5.91 Å². The highest BCUT2D eigenvalue weighted by atomic mass is 32.2. The largest absolute Gasteiger partial charge is 0.493 e. The minimum absolute atomic E-state index is 0.0310. The minimum Gasteiger partial charge on any atom is -0.493 e. The summed E-state index contributed by atoms with van der Waals surface area (Å²) in [5.41, 5.74) is 2.56. The summed E-state index contributed by atoms with van der Waals surface area (Å²) < 4.78 is 22.7. The zero-order chi connectivity index (χ0) is 35.0. The monoisotopic (exact) mass is 695 g/mol. The van der Waals surface area contributed by atoms with Crippen molar-refractivity contribution in [2.75, 3.05) is 32.8 Å². The van der Waals surface area contributed by atoms with Gasteiger partial charge in [-0.1, -0.05) is 23.9 Å². The number of aromatic nitrogens is 3. The van der Waals surface area contributed by atoms with E-state index in [1.165, 1.54) is 14.2 Å². The number of esters is 2. The van der Waals surface area contributed by atoms with Gasteiger partial charge in [0.15, 0.2) is 22.5 Å². The lowest BCUT2D eigenvalue weighted by molar-refractivity contribution is -0.115. The summed E-state index contributed by atoms with van der Waals surface area (Å²) in [7, 11) is 3.01. The Labute approximate surface area is 286 Å². The van der Waals surface area contributed by atoms with Crippen LogP contribution in [0.3, 0.4) is 0 Å². The Kier molecular flexibility index (Phi) is 12.2. The lowest BCUT2D eigenvalue weighted by Gasteiger charge is -2.15. The second kappa shape index (κ2) is 16.3. The molecule has 0 aliphatic rings. The molecule has 2 N–H and O–H groups in total. The number of nitrogens with zero attached hydrogens (tertiary/aromatic N) is 3. The van der Waals surface area contributed by atoms with Crippen molar-refractivity contribution >= 4 is 51.9 Å². The third-order valence-corrected chi connectivity index (χ3v) is 9.22. The van der Waals surface area contributed by atoms with E-state index in [-0.39, 0.29) is 41.1 Å². The quantitative estimate of drug-likeness (QED) is 0.129. The van der Waals surface area contributed by atoms with Crippen molar-refractivity contribution < 1.29 is 38.1 Å². The van der Waals surface area contributed by atoms with Gasteiger partial charge in [-0.3, -0.25) is 14.2 Å². The summed E-state index contributed by atoms with van der Waals surface area (Å²) in [6.45, 7) is 8.90. The molecule has 2 aromatic carbocycles. The second-order valence-electron chi connectivity index (χ2n) is 10.3. The summed E-state index contributed by atoms with van der Waals surface area (Å²) in [6.07, 6.45) is 0. The fourth-order valence-electron chi connectivity index (χ4n) is 4.62. The number of anilines is 1. The van der Waals surface area contributed by atoms with Crippen molar-refractivity contribution in [3.8, 4) is 17.2 Å². The predicted molar refractivity (Wildman–Crippen MR) is 182 cm³/mol. The second-order valence-corrected chi connectivity index (χ2v) is 12.6. The molecule has 0 radical (unpaired) electrons. The molecule has 1 atom stereocenters. The number of carbonyl (C=O) groups is 4. The number of thioether (sulfide) groups is 1. The van der Waals surface area contributed by atoms with Crippen LogP contribution in [-0.2, 0) is 20.8 Å². The van der Waals surface area contributed by atoms with Crippen molar-refractivity contribution in [3.63, 3.8) is 0 Å². The number of ether oxygens (including phenoxy) is 4. The molecule has 0 saturated heterocycles. The van der Waals surface area contributed by atoms with E-state index in [1.807, 2.05) is 31.2 Å². The number of aryl methyl sites for hydroxylation is 1. The van der Waals surface area contributed by atoms with E-state index in [2.05, 4.69) is 20.8 Å². The fraction of sp³-hybridized carbons (Fsp3) is 0.333. The van der Waals surface area contributed by atoms with E-state index in [9.17, 15) is 19.2 Å². The molecule has 0 aliphatic carbocycles. The highest BCUT2D eigenvalue weighted by Crippen LogP contribution is 2.35. The number of amides is 2. The smallest absolute Gasteiger partial charge is 0.348 e. The van der Waals surface area contributed by atoms with Crippen molar-refractivity contribution in [1.29, 1.82) is 0 Å². The van der Waals surface area contributed by atoms with Crippen LogP contribution in [0.4, 0.5) is 5.00 Å². The van der Waals surface area contributed by atoms with Crippen molar-refractivity contribution in [2.45, 2.75) is 51.6 Å². The molecule has 4 aromatic rings. The van der Waals surface area contributed by atoms with Gasteiger partial charge in [0, 0.05) is 11.3 Å². The Balaban J connectivity index is 1.59. The Hall–Kier alpha value is -4.89. The van der Waals surface area contributed by atoms with Crippen molar-refractivity contribution in [2.24, 2.45) is 0 Å². The zero-order valence-corrected chi connectivity index (χ0v) is 29.3. The average molecular weight is 696 g/mol. The molecule has 15 heteroatoms. The molecular formula is C33H37N5O8S2. The highest BCUT2D eigenvalue weighted by molar-refractivity contribution is 8.00. The van der Waals surface area contributed by atoms with Gasteiger partial charge >= 0.3 is 11.9 Å². The van der Waals surface area contributed by atoms with Crippen molar-refractivity contribution in [3.05, 3.63) is 75.4 Å². The highest BCUT2D eigenvalue weighted by Gasteiger charge is 2.29. The molecule has 0 spiro atoms. The van der Waals surface area contributed by atoms with Crippen LogP contribution in [0.2, 0.25) is 0 Å². The Morgan fingerprint density at radius 3 is 2.31 bits per heavy atom. The molecule has 254 valence electrons. The van der Waals surface area contributed by atoms with E-state index in [4.69, 9.17) is 18.9 Å². The van der Waals surface area contributed by atoms with Gasteiger partial charge in [0.1, 0.15) is 9.88 Å². The normalized spacial score (nSPS) is 11.4. The van der Waals surface area contributed by atoms with Gasteiger partial charge in [-0.2, -0.15) is 0 Å². The first-order valence-corrected chi connectivity index (χ1v) is 16.7. The first kappa shape index (κ1) is 36.0. The van der Waals surface area contributed by atoms with Gasteiger partial charge < -0.3 is 29.6 Å². The summed E-state index contributed by atoms with van der Waals surface area (Å²) in [4.78, 5) is 52.2. The third-order valence-electron chi connectivity index (χ3n) is 6.99. The van der Waals surface area contributed by atoms with Crippen LogP contribution in [0.25, 0.3) is 5.69 Å². The number of benzene rings is 2. The fourth-order valence-corrected chi connectivity index (χ4v) is 6.60. The summed E-state index contributed by atoms with van der Waals surface area (Å²) in [5.74, 6) is -0.696. The molecule has 0 unspecified atom stereocenters. The molecular weight excluding hydrogens is 659 g/mol. The number of rotatable bonds is 14. The van der Waals surface area contributed by atoms with Crippen LogP contribution in [0.1, 0.15) is 68.1 Å². The average Bonchev–Trinajstić information content (AvgIpc) is 3.62. The molecule has 0 bridgehead atoms. The number of thiophene rings is 1. The van der Waals surface area contributed by atoms with E-state index < -0.39 is 23.1 Å². The number of nitrogens with one attached hydrogen (secondary N) is 2. The van der Waals surface area contributed by atoms with Gasteiger partial charge in [-0.25, -0.2) is 9.59 Å². The molecule has 48 heavy (non-hydrogen) atoms. The van der Waals surface area contributed by atoms with Gasteiger partial charge in [-0.15, -0.1) is 21.5 Å². The van der Waals surface area contributed by atoms with Crippen LogP contribution in [0.15, 0.2) is 47.6 Å². The maximum atomic E-state index is 13.5. The predicted octanol–water partition coefficient (Wildman–Crippen LogP) is 5.37. The Bertz CT molecular complexity index is 1820. The maximum Gasteiger partial charge on any atom is 0.348 e. The molecule has 0 saturated carbocycles. The first-order valence-electron chi connectivity index (χ1n) is 15.0. The number of carbonyl (C=O) groups excluding carboxylic acids is 4. The molecule has 0 aliphatic heterocycles. The standard InChI is InChI=1S/C33H37N5O8S2/c1-8-45-31(41)26-19(4)27(32(42)46-9-2)48-30(26)35-28(39)20(5)47-33-37-36-25(38(33)22-12-10-11-18(3)15-22)17-34-29(40)21-13-14-23(43-6)24(16-21)44-7/h10-16,20H,8-9,17H2,1-7H3,(H,34,40)(H,35,39)/t20-/m1/s1. The molecule has 2 heterocycles. The molecule has 13 nitrogen and oxygen atoms in total. The zero-order valence-electron chi connectivity index (χ0n) is 27.7. The van der Waals surface area contributed by atoms with Crippen LogP contribution in [0.5, 0.6) is 11.5 Å². The SMILES string of the molecule is CCOC(=O)c1sc(NC(=O)[C@@H](C)Sc2nnc(CNC(=O)c3ccc(OC)c(OC)c3)n2-c2cccc(C)c2)c(C(=O)OCC)c1C. The topological polar surface area (TPSA) is 160 Å². The lowest BCUT2D eigenvalue weighted by Crippen LogP contribution is -2.25. The molecule has 2 aromatic heterocycles. The van der Waals surface area contributed by atoms with E-state index in [1.54, 1.807) is 50.5 Å².